The monoisotopic (exact) mass is 387 g/mol. The second-order valence-corrected chi connectivity index (χ2v) is 5.84. The van der Waals surface area contributed by atoms with Gasteiger partial charge in [-0.2, -0.15) is 0 Å². The summed E-state index contributed by atoms with van der Waals surface area (Å²) in [5.41, 5.74) is 0.318. The highest BCUT2D eigenvalue weighted by atomic mass is 16.6. The number of para-hydroxylation sites is 1. The van der Waals surface area contributed by atoms with Crippen molar-refractivity contribution in [1.82, 2.24) is 5.32 Å². The summed E-state index contributed by atoms with van der Waals surface area (Å²) < 4.78 is 4.67. The summed E-state index contributed by atoms with van der Waals surface area (Å²) in [6.07, 6.45) is -0.337. The molecule has 2 rings (SSSR count). The molecule has 146 valence electrons. The number of non-ortho nitro benzene ring substituents is 1. The molecule has 1 amide bonds. The molecule has 0 spiro atoms. The third-order valence-electron chi connectivity index (χ3n) is 3.92. The van der Waals surface area contributed by atoms with E-state index in [1.165, 1.54) is 36.4 Å². The SMILES string of the molecule is COC(=O)[C@H](Cc1ccccc1[N+](=O)[O-])NC(=O)Cc1cccc([N+](=O)[O-])c1. The molecule has 28 heavy (non-hydrogen) atoms. The number of carbonyl (C=O) groups excluding carboxylic acids is 2. The van der Waals surface area contributed by atoms with E-state index in [2.05, 4.69) is 10.1 Å². The number of hydrogen-bond donors (Lipinski definition) is 1. The van der Waals surface area contributed by atoms with Crippen molar-refractivity contribution in [3.8, 4) is 0 Å². The first-order valence-electron chi connectivity index (χ1n) is 8.14. The Hall–Kier alpha value is -3.82. The van der Waals surface area contributed by atoms with Gasteiger partial charge in [-0.05, 0) is 5.56 Å². The van der Waals surface area contributed by atoms with Crippen molar-refractivity contribution in [2.75, 3.05) is 7.11 Å². The van der Waals surface area contributed by atoms with Gasteiger partial charge in [-0.15, -0.1) is 0 Å². The topological polar surface area (TPSA) is 142 Å². The van der Waals surface area contributed by atoms with Gasteiger partial charge in [0.2, 0.25) is 5.91 Å². The number of ether oxygens (including phenoxy) is 1. The Labute approximate surface area is 159 Å². The maximum absolute atomic E-state index is 12.3. The molecule has 1 atom stereocenters. The predicted molar refractivity (Wildman–Crippen MR) is 97.5 cm³/mol. The fraction of sp³-hybridized carbons (Fsp3) is 0.222. The molecule has 0 aromatic heterocycles. The number of nitro groups is 2. The number of esters is 1. The number of rotatable bonds is 8. The first kappa shape index (κ1) is 20.5. The van der Waals surface area contributed by atoms with Gasteiger partial charge in [0.1, 0.15) is 6.04 Å². The summed E-state index contributed by atoms with van der Waals surface area (Å²) in [6, 6.07) is 10.3. The van der Waals surface area contributed by atoms with Crippen LogP contribution in [-0.4, -0.2) is 34.9 Å². The van der Waals surface area contributed by atoms with Crippen LogP contribution in [0.2, 0.25) is 0 Å². The lowest BCUT2D eigenvalue weighted by Gasteiger charge is -2.16. The number of nitrogens with zero attached hydrogens (tertiary/aromatic N) is 2. The molecule has 0 fully saturated rings. The fourth-order valence-corrected chi connectivity index (χ4v) is 2.63. The molecule has 0 saturated heterocycles. The van der Waals surface area contributed by atoms with E-state index in [1.807, 2.05) is 0 Å². The van der Waals surface area contributed by atoms with E-state index in [-0.39, 0.29) is 29.8 Å². The van der Waals surface area contributed by atoms with Gasteiger partial charge in [0.15, 0.2) is 0 Å². The highest BCUT2D eigenvalue weighted by Gasteiger charge is 2.25. The molecule has 2 aromatic rings. The van der Waals surface area contributed by atoms with Gasteiger partial charge in [-0.25, -0.2) is 4.79 Å². The first-order chi connectivity index (χ1) is 13.3. The zero-order valence-electron chi connectivity index (χ0n) is 14.9. The number of hydrogen-bond acceptors (Lipinski definition) is 7. The summed E-state index contributed by atoms with van der Waals surface area (Å²) in [5.74, 6) is -1.33. The zero-order chi connectivity index (χ0) is 20.7. The molecule has 0 radical (unpaired) electrons. The molecular formula is C18H17N3O7. The number of methoxy groups -OCH3 is 1. The summed E-state index contributed by atoms with van der Waals surface area (Å²) in [5, 5.41) is 24.4. The number of nitro benzene ring substituents is 2. The van der Waals surface area contributed by atoms with E-state index in [9.17, 15) is 29.8 Å². The Morgan fingerprint density at radius 1 is 1.07 bits per heavy atom. The average molecular weight is 387 g/mol. The van der Waals surface area contributed by atoms with E-state index in [1.54, 1.807) is 12.1 Å². The Kier molecular flexibility index (Phi) is 6.74. The number of benzene rings is 2. The minimum Gasteiger partial charge on any atom is -0.467 e. The molecule has 0 aliphatic rings. The van der Waals surface area contributed by atoms with Gasteiger partial charge in [0.05, 0.1) is 23.4 Å². The molecule has 0 unspecified atom stereocenters. The quantitative estimate of drug-likeness (QED) is 0.414. The van der Waals surface area contributed by atoms with Gasteiger partial charge in [-0.1, -0.05) is 30.3 Å². The van der Waals surface area contributed by atoms with Crippen LogP contribution in [0, 0.1) is 20.2 Å². The van der Waals surface area contributed by atoms with Crippen LogP contribution < -0.4 is 5.32 Å². The second-order valence-electron chi connectivity index (χ2n) is 5.84. The molecule has 0 saturated carbocycles. The van der Waals surface area contributed by atoms with E-state index < -0.39 is 27.8 Å². The zero-order valence-corrected chi connectivity index (χ0v) is 14.9. The number of amides is 1. The maximum Gasteiger partial charge on any atom is 0.328 e. The molecule has 2 aromatic carbocycles. The van der Waals surface area contributed by atoms with Gasteiger partial charge >= 0.3 is 5.97 Å². The molecule has 0 bridgehead atoms. The van der Waals surface area contributed by atoms with Crippen molar-refractivity contribution in [1.29, 1.82) is 0 Å². The van der Waals surface area contributed by atoms with Crippen LogP contribution in [0.15, 0.2) is 48.5 Å². The summed E-state index contributed by atoms with van der Waals surface area (Å²) in [7, 11) is 1.14. The minimum atomic E-state index is -1.14. The molecule has 0 heterocycles. The highest BCUT2D eigenvalue weighted by molar-refractivity contribution is 5.86. The first-order valence-corrected chi connectivity index (χ1v) is 8.14. The number of carbonyl (C=O) groups is 2. The standard InChI is InChI=1S/C18H17N3O7/c1-28-18(23)15(11-13-6-2-3-8-16(13)21(26)27)19-17(22)10-12-5-4-7-14(9-12)20(24)25/h2-9,15H,10-11H2,1H3,(H,19,22)/t15-/m0/s1. The van der Waals surface area contributed by atoms with Gasteiger partial charge in [0, 0.05) is 30.2 Å². The Morgan fingerprint density at radius 2 is 1.79 bits per heavy atom. The van der Waals surface area contributed by atoms with Crippen molar-refractivity contribution < 1.29 is 24.2 Å². The summed E-state index contributed by atoms with van der Waals surface area (Å²) >= 11 is 0. The summed E-state index contributed by atoms with van der Waals surface area (Å²) in [6.45, 7) is 0. The van der Waals surface area contributed by atoms with Crippen LogP contribution in [0.1, 0.15) is 11.1 Å². The molecular weight excluding hydrogens is 370 g/mol. The van der Waals surface area contributed by atoms with Crippen LogP contribution in [0.5, 0.6) is 0 Å². The van der Waals surface area contributed by atoms with E-state index >= 15 is 0 Å². The lowest BCUT2D eigenvalue weighted by molar-refractivity contribution is -0.385. The molecule has 0 aliphatic carbocycles. The molecule has 10 heteroatoms. The predicted octanol–water partition coefficient (Wildman–Crippen LogP) is 1.95. The number of nitrogens with one attached hydrogen (secondary N) is 1. The third kappa shape index (κ3) is 5.34. The molecule has 0 aliphatic heterocycles. The van der Waals surface area contributed by atoms with Crippen LogP contribution in [0.3, 0.4) is 0 Å². The van der Waals surface area contributed by atoms with E-state index in [0.717, 1.165) is 7.11 Å². The van der Waals surface area contributed by atoms with Gasteiger partial charge in [-0.3, -0.25) is 25.0 Å². The fourth-order valence-electron chi connectivity index (χ4n) is 2.63. The minimum absolute atomic E-state index is 0.134. The normalized spacial score (nSPS) is 11.3. The highest BCUT2D eigenvalue weighted by Crippen LogP contribution is 2.20. The Morgan fingerprint density at radius 3 is 2.43 bits per heavy atom. The lowest BCUT2D eigenvalue weighted by Crippen LogP contribution is -2.43. The molecule has 1 N–H and O–H groups in total. The second kappa shape index (κ2) is 9.21. The van der Waals surface area contributed by atoms with Crippen LogP contribution in [0.4, 0.5) is 11.4 Å². The van der Waals surface area contributed by atoms with Crippen molar-refractivity contribution >= 4 is 23.3 Å². The Balaban J connectivity index is 2.15. The molecule has 10 nitrogen and oxygen atoms in total. The van der Waals surface area contributed by atoms with Gasteiger partial charge < -0.3 is 10.1 Å². The Bertz CT molecular complexity index is 914. The van der Waals surface area contributed by atoms with Crippen molar-refractivity contribution in [2.24, 2.45) is 0 Å². The largest absolute Gasteiger partial charge is 0.467 e. The van der Waals surface area contributed by atoms with Crippen molar-refractivity contribution in [2.45, 2.75) is 18.9 Å². The van der Waals surface area contributed by atoms with Crippen molar-refractivity contribution in [3.05, 3.63) is 79.9 Å². The van der Waals surface area contributed by atoms with Crippen LogP contribution >= 0.6 is 0 Å². The van der Waals surface area contributed by atoms with Crippen LogP contribution in [-0.2, 0) is 27.2 Å². The van der Waals surface area contributed by atoms with E-state index in [4.69, 9.17) is 0 Å². The average Bonchev–Trinajstić information content (AvgIpc) is 2.67. The lowest BCUT2D eigenvalue weighted by atomic mass is 10.0. The van der Waals surface area contributed by atoms with Crippen molar-refractivity contribution in [3.63, 3.8) is 0 Å². The summed E-state index contributed by atoms with van der Waals surface area (Å²) in [4.78, 5) is 45.2. The third-order valence-corrected chi connectivity index (χ3v) is 3.92. The van der Waals surface area contributed by atoms with Crippen LogP contribution in [0.25, 0.3) is 0 Å². The van der Waals surface area contributed by atoms with E-state index in [0.29, 0.717) is 5.56 Å². The smallest absolute Gasteiger partial charge is 0.328 e. The maximum atomic E-state index is 12.3. The van der Waals surface area contributed by atoms with Gasteiger partial charge in [0.25, 0.3) is 11.4 Å².